The number of carbonyl (C=O) groups excluding carboxylic acids is 2. The first-order valence-electron chi connectivity index (χ1n) is 10.9. The van der Waals surface area contributed by atoms with E-state index in [9.17, 15) is 9.59 Å². The SMILES string of the molecule is O=C(NCc1ccco1)C(c1ccccc1)N(Cc1ccccc1)C(=O)Cc1ccccc1. The van der Waals surface area contributed by atoms with E-state index in [0.29, 0.717) is 12.3 Å². The van der Waals surface area contributed by atoms with Crippen LogP contribution in [-0.4, -0.2) is 16.7 Å². The summed E-state index contributed by atoms with van der Waals surface area (Å²) in [6.45, 7) is 0.571. The van der Waals surface area contributed by atoms with Crippen molar-refractivity contribution in [1.82, 2.24) is 10.2 Å². The van der Waals surface area contributed by atoms with Crippen molar-refractivity contribution in [3.8, 4) is 0 Å². The first-order chi connectivity index (χ1) is 16.2. The molecule has 1 unspecified atom stereocenters. The van der Waals surface area contributed by atoms with Crippen LogP contribution in [0.2, 0.25) is 0 Å². The summed E-state index contributed by atoms with van der Waals surface area (Å²) in [6.07, 6.45) is 1.78. The Hall–Kier alpha value is -4.12. The third-order valence-corrected chi connectivity index (χ3v) is 5.41. The summed E-state index contributed by atoms with van der Waals surface area (Å²) < 4.78 is 5.36. The zero-order valence-corrected chi connectivity index (χ0v) is 18.3. The lowest BCUT2D eigenvalue weighted by Gasteiger charge is -2.31. The Bertz CT molecular complexity index is 1140. The van der Waals surface area contributed by atoms with Crippen LogP contribution in [0, 0.1) is 0 Å². The van der Waals surface area contributed by atoms with Gasteiger partial charge in [-0.3, -0.25) is 9.59 Å². The van der Waals surface area contributed by atoms with Gasteiger partial charge in [0, 0.05) is 6.54 Å². The summed E-state index contributed by atoms with van der Waals surface area (Å²) in [6, 6.07) is 31.5. The fourth-order valence-corrected chi connectivity index (χ4v) is 3.77. The Kier molecular flexibility index (Phi) is 7.33. The first-order valence-corrected chi connectivity index (χ1v) is 10.9. The Balaban J connectivity index is 1.66. The summed E-state index contributed by atoms with van der Waals surface area (Å²) in [4.78, 5) is 28.7. The summed E-state index contributed by atoms with van der Waals surface area (Å²) in [5.74, 6) is 0.280. The summed E-state index contributed by atoms with van der Waals surface area (Å²) in [5, 5.41) is 2.94. The summed E-state index contributed by atoms with van der Waals surface area (Å²) >= 11 is 0. The van der Waals surface area contributed by atoms with E-state index in [0.717, 1.165) is 16.7 Å². The predicted molar refractivity (Wildman–Crippen MR) is 127 cm³/mol. The molecule has 4 rings (SSSR count). The predicted octanol–water partition coefficient (Wildman–Crippen LogP) is 4.91. The van der Waals surface area contributed by atoms with Crippen molar-refractivity contribution in [3.63, 3.8) is 0 Å². The number of hydrogen-bond acceptors (Lipinski definition) is 3. The van der Waals surface area contributed by atoms with Crippen LogP contribution in [-0.2, 0) is 29.1 Å². The number of rotatable bonds is 9. The number of furan rings is 1. The van der Waals surface area contributed by atoms with Gasteiger partial charge in [-0.05, 0) is 28.8 Å². The maximum Gasteiger partial charge on any atom is 0.247 e. The molecule has 0 aliphatic rings. The van der Waals surface area contributed by atoms with Crippen molar-refractivity contribution < 1.29 is 14.0 Å². The van der Waals surface area contributed by atoms with Crippen molar-refractivity contribution in [2.75, 3.05) is 0 Å². The second kappa shape index (κ2) is 11.0. The van der Waals surface area contributed by atoms with Gasteiger partial charge < -0.3 is 14.6 Å². The van der Waals surface area contributed by atoms with Crippen molar-refractivity contribution >= 4 is 11.8 Å². The van der Waals surface area contributed by atoms with E-state index in [1.54, 1.807) is 23.3 Å². The Morgan fingerprint density at radius 1 is 0.758 bits per heavy atom. The fraction of sp³-hybridized carbons (Fsp3) is 0.143. The summed E-state index contributed by atoms with van der Waals surface area (Å²) in [5.41, 5.74) is 2.62. The normalized spacial score (nSPS) is 11.5. The molecule has 0 aliphatic heterocycles. The van der Waals surface area contributed by atoms with Crippen molar-refractivity contribution in [2.45, 2.75) is 25.6 Å². The monoisotopic (exact) mass is 438 g/mol. The third-order valence-electron chi connectivity index (χ3n) is 5.41. The second-order valence-electron chi connectivity index (χ2n) is 7.78. The molecule has 1 aromatic heterocycles. The minimum Gasteiger partial charge on any atom is -0.467 e. The molecule has 1 atom stereocenters. The fourth-order valence-electron chi connectivity index (χ4n) is 3.77. The highest BCUT2D eigenvalue weighted by Gasteiger charge is 2.31. The van der Waals surface area contributed by atoms with Crippen molar-refractivity contribution in [3.05, 3.63) is 132 Å². The van der Waals surface area contributed by atoms with E-state index in [4.69, 9.17) is 4.42 Å². The van der Waals surface area contributed by atoms with E-state index in [2.05, 4.69) is 5.32 Å². The van der Waals surface area contributed by atoms with Crippen molar-refractivity contribution in [2.24, 2.45) is 0 Å². The molecule has 5 nitrogen and oxygen atoms in total. The molecule has 0 radical (unpaired) electrons. The number of benzene rings is 3. The topological polar surface area (TPSA) is 62.6 Å². The number of carbonyl (C=O) groups is 2. The molecule has 0 aliphatic carbocycles. The van der Waals surface area contributed by atoms with Gasteiger partial charge in [-0.15, -0.1) is 0 Å². The van der Waals surface area contributed by atoms with Crippen LogP contribution in [0.25, 0.3) is 0 Å². The van der Waals surface area contributed by atoms with Crippen LogP contribution in [0.4, 0.5) is 0 Å². The number of hydrogen-bond donors (Lipinski definition) is 1. The molecule has 2 amide bonds. The van der Waals surface area contributed by atoms with Crippen LogP contribution in [0.1, 0.15) is 28.5 Å². The van der Waals surface area contributed by atoms with Crippen LogP contribution < -0.4 is 5.32 Å². The quantitative estimate of drug-likeness (QED) is 0.404. The Morgan fingerprint density at radius 2 is 1.36 bits per heavy atom. The molecule has 0 spiro atoms. The minimum absolute atomic E-state index is 0.118. The molecule has 5 heteroatoms. The molecular weight excluding hydrogens is 412 g/mol. The first kappa shape index (κ1) is 22.1. The number of nitrogens with one attached hydrogen (secondary N) is 1. The lowest BCUT2D eigenvalue weighted by Crippen LogP contribution is -2.43. The molecule has 4 aromatic rings. The molecule has 3 aromatic carbocycles. The maximum absolute atomic E-state index is 13.6. The minimum atomic E-state index is -0.780. The zero-order chi connectivity index (χ0) is 22.9. The third kappa shape index (κ3) is 5.98. The van der Waals surface area contributed by atoms with Gasteiger partial charge in [-0.25, -0.2) is 0 Å². The van der Waals surface area contributed by atoms with Gasteiger partial charge >= 0.3 is 0 Å². The van der Waals surface area contributed by atoms with E-state index in [1.165, 1.54) is 0 Å². The average Bonchev–Trinajstić information content (AvgIpc) is 3.38. The largest absolute Gasteiger partial charge is 0.467 e. The highest BCUT2D eigenvalue weighted by atomic mass is 16.3. The van der Waals surface area contributed by atoms with E-state index in [-0.39, 0.29) is 24.8 Å². The van der Waals surface area contributed by atoms with Gasteiger partial charge in [-0.2, -0.15) is 0 Å². The van der Waals surface area contributed by atoms with Crippen LogP contribution in [0.3, 0.4) is 0 Å². The van der Waals surface area contributed by atoms with Crippen molar-refractivity contribution in [1.29, 1.82) is 0 Å². The van der Waals surface area contributed by atoms with Gasteiger partial charge in [0.05, 0.1) is 19.2 Å². The van der Waals surface area contributed by atoms with Crippen LogP contribution in [0.15, 0.2) is 114 Å². The smallest absolute Gasteiger partial charge is 0.247 e. The van der Waals surface area contributed by atoms with Crippen LogP contribution in [0.5, 0.6) is 0 Å². The van der Waals surface area contributed by atoms with Gasteiger partial charge in [0.1, 0.15) is 11.8 Å². The standard InChI is InChI=1S/C28H26N2O3/c31-26(19-22-11-4-1-5-12-22)30(21-23-13-6-2-7-14-23)27(24-15-8-3-9-16-24)28(32)29-20-25-17-10-18-33-25/h1-18,27H,19-21H2,(H,29,32). The molecule has 33 heavy (non-hydrogen) atoms. The van der Waals surface area contributed by atoms with Crippen LogP contribution >= 0.6 is 0 Å². The lowest BCUT2D eigenvalue weighted by atomic mass is 10.0. The Morgan fingerprint density at radius 3 is 1.97 bits per heavy atom. The molecular formula is C28H26N2O3. The molecule has 0 saturated heterocycles. The highest BCUT2D eigenvalue weighted by molar-refractivity contribution is 5.89. The summed E-state index contributed by atoms with van der Waals surface area (Å²) in [7, 11) is 0. The maximum atomic E-state index is 13.6. The van der Waals surface area contributed by atoms with Gasteiger partial charge in [0.15, 0.2) is 0 Å². The number of nitrogens with zero attached hydrogens (tertiary/aromatic N) is 1. The van der Waals surface area contributed by atoms with Gasteiger partial charge in [0.2, 0.25) is 11.8 Å². The zero-order valence-electron chi connectivity index (χ0n) is 18.3. The molecule has 0 bridgehead atoms. The molecule has 0 fully saturated rings. The van der Waals surface area contributed by atoms with Gasteiger partial charge in [-0.1, -0.05) is 91.0 Å². The molecule has 166 valence electrons. The average molecular weight is 439 g/mol. The number of amides is 2. The highest BCUT2D eigenvalue weighted by Crippen LogP contribution is 2.25. The van der Waals surface area contributed by atoms with E-state index < -0.39 is 6.04 Å². The molecule has 0 saturated carbocycles. The molecule has 1 N–H and O–H groups in total. The van der Waals surface area contributed by atoms with E-state index in [1.807, 2.05) is 91.0 Å². The Labute approximate surface area is 193 Å². The van der Waals surface area contributed by atoms with E-state index >= 15 is 0 Å². The van der Waals surface area contributed by atoms with Gasteiger partial charge in [0.25, 0.3) is 0 Å². The second-order valence-corrected chi connectivity index (χ2v) is 7.78. The molecule has 1 heterocycles. The lowest BCUT2D eigenvalue weighted by molar-refractivity contribution is -0.141.